The Labute approximate surface area is 102 Å². The summed E-state index contributed by atoms with van der Waals surface area (Å²) in [6, 6.07) is 0. The summed E-state index contributed by atoms with van der Waals surface area (Å²) in [4.78, 5) is 26.7. The first-order valence-electron chi connectivity index (χ1n) is 6.53. The van der Waals surface area contributed by atoms with Gasteiger partial charge in [0.05, 0.1) is 0 Å². The molecule has 2 saturated heterocycles. The third-order valence-corrected chi connectivity index (χ3v) is 3.40. The number of nitrogens with zero attached hydrogens (tertiary/aromatic N) is 2. The van der Waals surface area contributed by atoms with Crippen LogP contribution in [0.1, 0.15) is 38.5 Å². The van der Waals surface area contributed by atoms with Crippen LogP contribution >= 0.6 is 0 Å². The number of likely N-dealkylation sites (tertiary alicyclic amines) is 2. The lowest BCUT2D eigenvalue weighted by Crippen LogP contribution is -2.42. The van der Waals surface area contributed by atoms with Crippen molar-refractivity contribution in [3.63, 3.8) is 0 Å². The van der Waals surface area contributed by atoms with Crippen molar-refractivity contribution in [1.82, 2.24) is 9.80 Å². The Balaban J connectivity index is 1.78. The molecule has 0 radical (unpaired) electrons. The smallest absolute Gasteiger partial charge is 0.359 e. The predicted molar refractivity (Wildman–Crippen MR) is 62.7 cm³/mol. The molecule has 2 amide bonds. The van der Waals surface area contributed by atoms with Gasteiger partial charge < -0.3 is 14.5 Å². The van der Waals surface area contributed by atoms with E-state index in [2.05, 4.69) is 0 Å². The van der Waals surface area contributed by atoms with Gasteiger partial charge in [-0.1, -0.05) is 0 Å². The van der Waals surface area contributed by atoms with E-state index < -0.39 is 12.2 Å². The number of amides is 2. The van der Waals surface area contributed by atoms with E-state index in [0.717, 1.165) is 38.5 Å². The van der Waals surface area contributed by atoms with E-state index in [4.69, 9.17) is 4.74 Å². The molecular weight excluding hydrogens is 220 g/mol. The highest BCUT2D eigenvalue weighted by molar-refractivity contribution is 5.83. The van der Waals surface area contributed by atoms with E-state index in [1.165, 1.54) is 0 Å². The molecule has 2 fully saturated rings. The molecule has 2 rings (SSSR count). The summed E-state index contributed by atoms with van der Waals surface area (Å²) in [6.45, 7) is 2.86. The van der Waals surface area contributed by atoms with Gasteiger partial charge in [0.25, 0.3) is 0 Å². The molecule has 0 aromatic carbocycles. The quantitative estimate of drug-likeness (QED) is 0.610. The minimum absolute atomic E-state index is 0.472. The SMILES string of the molecule is O=C(OC(=O)N1CCCCC1)N1CCCCC1. The molecule has 0 N–H and O–H groups in total. The molecule has 0 spiro atoms. The Kier molecular flexibility index (Phi) is 4.23. The van der Waals surface area contributed by atoms with Crippen LogP contribution in [0.4, 0.5) is 9.59 Å². The lowest BCUT2D eigenvalue weighted by Gasteiger charge is -2.28. The zero-order chi connectivity index (χ0) is 12.1. The zero-order valence-electron chi connectivity index (χ0n) is 10.2. The molecule has 0 aromatic rings. The second kappa shape index (κ2) is 5.89. The van der Waals surface area contributed by atoms with Crippen molar-refractivity contribution in [2.45, 2.75) is 38.5 Å². The van der Waals surface area contributed by atoms with Crippen LogP contribution in [0.2, 0.25) is 0 Å². The maximum absolute atomic E-state index is 11.7. The second-order valence-electron chi connectivity index (χ2n) is 4.73. The van der Waals surface area contributed by atoms with Crippen LogP contribution in [-0.2, 0) is 4.74 Å². The van der Waals surface area contributed by atoms with Crippen LogP contribution in [0.3, 0.4) is 0 Å². The average molecular weight is 240 g/mol. The Morgan fingerprint density at radius 1 is 0.647 bits per heavy atom. The molecule has 0 aromatic heterocycles. The summed E-state index contributed by atoms with van der Waals surface area (Å²) in [6.07, 6.45) is 5.40. The number of ether oxygens (including phenoxy) is 1. The van der Waals surface area contributed by atoms with Gasteiger partial charge in [-0.25, -0.2) is 9.59 Å². The second-order valence-corrected chi connectivity index (χ2v) is 4.73. The van der Waals surface area contributed by atoms with E-state index >= 15 is 0 Å². The number of hydrogen-bond acceptors (Lipinski definition) is 3. The maximum Gasteiger partial charge on any atom is 0.418 e. The summed E-state index contributed by atoms with van der Waals surface area (Å²) in [7, 11) is 0. The fraction of sp³-hybridized carbons (Fsp3) is 0.833. The monoisotopic (exact) mass is 240 g/mol. The van der Waals surface area contributed by atoms with Gasteiger partial charge in [-0.05, 0) is 38.5 Å². The fourth-order valence-electron chi connectivity index (χ4n) is 2.36. The molecule has 96 valence electrons. The molecular formula is C12H20N2O3. The third kappa shape index (κ3) is 3.35. The summed E-state index contributed by atoms with van der Waals surface area (Å²) in [5.41, 5.74) is 0. The van der Waals surface area contributed by atoms with Gasteiger partial charge in [-0.15, -0.1) is 0 Å². The number of rotatable bonds is 0. The van der Waals surface area contributed by atoms with Crippen LogP contribution in [0.15, 0.2) is 0 Å². The maximum atomic E-state index is 11.7. The van der Waals surface area contributed by atoms with Gasteiger partial charge in [-0.2, -0.15) is 0 Å². The molecule has 0 saturated carbocycles. The highest BCUT2D eigenvalue weighted by Gasteiger charge is 2.24. The van der Waals surface area contributed by atoms with Crippen LogP contribution < -0.4 is 0 Å². The zero-order valence-corrected chi connectivity index (χ0v) is 10.2. The van der Waals surface area contributed by atoms with E-state index in [1.54, 1.807) is 9.80 Å². The van der Waals surface area contributed by atoms with Gasteiger partial charge in [0, 0.05) is 26.2 Å². The first kappa shape index (κ1) is 12.2. The van der Waals surface area contributed by atoms with Crippen LogP contribution in [0.5, 0.6) is 0 Å². The largest absolute Gasteiger partial charge is 0.418 e. The number of hydrogen-bond donors (Lipinski definition) is 0. The summed E-state index contributed by atoms with van der Waals surface area (Å²) in [5.74, 6) is 0. The molecule has 2 aliphatic heterocycles. The lowest BCUT2D eigenvalue weighted by molar-refractivity contribution is 0.0854. The highest BCUT2D eigenvalue weighted by atomic mass is 16.6. The number of carbonyl (C=O) groups excluding carboxylic acids is 2. The first-order valence-corrected chi connectivity index (χ1v) is 6.53. The van der Waals surface area contributed by atoms with Crippen molar-refractivity contribution in [2.75, 3.05) is 26.2 Å². The molecule has 17 heavy (non-hydrogen) atoms. The highest BCUT2D eigenvalue weighted by Crippen LogP contribution is 2.13. The van der Waals surface area contributed by atoms with Gasteiger partial charge in [0.1, 0.15) is 0 Å². The minimum atomic E-state index is -0.472. The van der Waals surface area contributed by atoms with Crippen LogP contribution in [0.25, 0.3) is 0 Å². The van der Waals surface area contributed by atoms with Crippen LogP contribution in [-0.4, -0.2) is 48.2 Å². The predicted octanol–water partition coefficient (Wildman–Crippen LogP) is 2.21. The minimum Gasteiger partial charge on any atom is -0.359 e. The summed E-state index contributed by atoms with van der Waals surface area (Å²) < 4.78 is 4.90. The van der Waals surface area contributed by atoms with E-state index in [1.807, 2.05) is 0 Å². The Morgan fingerprint density at radius 2 is 1.00 bits per heavy atom. The average Bonchev–Trinajstić information content (AvgIpc) is 2.40. The normalized spacial score (nSPS) is 21.2. The third-order valence-electron chi connectivity index (χ3n) is 3.40. The Bertz CT molecular complexity index is 253. The molecule has 2 aliphatic rings. The van der Waals surface area contributed by atoms with Crippen LogP contribution in [0, 0.1) is 0 Å². The molecule has 0 unspecified atom stereocenters. The van der Waals surface area contributed by atoms with Crippen molar-refractivity contribution in [3.8, 4) is 0 Å². The van der Waals surface area contributed by atoms with Crippen molar-refractivity contribution < 1.29 is 14.3 Å². The fourth-order valence-corrected chi connectivity index (χ4v) is 2.36. The van der Waals surface area contributed by atoms with E-state index in [9.17, 15) is 9.59 Å². The molecule has 5 heteroatoms. The summed E-state index contributed by atoms with van der Waals surface area (Å²) >= 11 is 0. The lowest BCUT2D eigenvalue weighted by atomic mass is 10.1. The van der Waals surface area contributed by atoms with Crippen molar-refractivity contribution >= 4 is 12.2 Å². The topological polar surface area (TPSA) is 49.9 Å². The van der Waals surface area contributed by atoms with Crippen molar-refractivity contribution in [2.24, 2.45) is 0 Å². The van der Waals surface area contributed by atoms with E-state index in [0.29, 0.717) is 26.2 Å². The Hall–Kier alpha value is -1.26. The standard InChI is InChI=1S/C12H20N2O3/c15-11(13-7-3-1-4-8-13)17-12(16)14-9-5-2-6-10-14/h1-10H2. The van der Waals surface area contributed by atoms with Gasteiger partial charge in [0.15, 0.2) is 0 Å². The molecule has 0 bridgehead atoms. The molecule has 5 nitrogen and oxygen atoms in total. The van der Waals surface area contributed by atoms with Gasteiger partial charge >= 0.3 is 12.2 Å². The van der Waals surface area contributed by atoms with E-state index in [-0.39, 0.29) is 0 Å². The number of carbonyl (C=O) groups is 2. The molecule has 2 heterocycles. The summed E-state index contributed by atoms with van der Waals surface area (Å²) in [5, 5.41) is 0. The Morgan fingerprint density at radius 3 is 1.35 bits per heavy atom. The van der Waals surface area contributed by atoms with Gasteiger partial charge in [-0.3, -0.25) is 0 Å². The van der Waals surface area contributed by atoms with Crippen molar-refractivity contribution in [1.29, 1.82) is 0 Å². The molecule has 0 aliphatic carbocycles. The van der Waals surface area contributed by atoms with Gasteiger partial charge in [0.2, 0.25) is 0 Å². The molecule has 0 atom stereocenters. The van der Waals surface area contributed by atoms with Crippen molar-refractivity contribution in [3.05, 3.63) is 0 Å². The first-order chi connectivity index (χ1) is 8.27. The number of piperidine rings is 2.